The van der Waals surface area contributed by atoms with Gasteiger partial charge in [0.2, 0.25) is 5.91 Å². The van der Waals surface area contributed by atoms with Gasteiger partial charge in [0, 0.05) is 18.5 Å². The quantitative estimate of drug-likeness (QED) is 0.921. The maximum Gasteiger partial charge on any atom is 0.358 e. The molecule has 1 saturated heterocycles. The molecule has 1 amide bonds. The lowest BCUT2D eigenvalue weighted by molar-refractivity contribution is -0.132. The Hall–Kier alpha value is -2.70. The molecule has 1 aromatic carbocycles. The molecule has 0 aliphatic carbocycles. The molecular weight excluding hydrogens is 296 g/mol. The van der Waals surface area contributed by atoms with Gasteiger partial charge in [-0.3, -0.25) is 4.79 Å². The maximum atomic E-state index is 12.5. The van der Waals surface area contributed by atoms with E-state index in [4.69, 9.17) is 5.11 Å². The van der Waals surface area contributed by atoms with Crippen LogP contribution in [0.5, 0.6) is 0 Å². The molecule has 3 rings (SSSR count). The molecular formula is C16H18N4O3. The van der Waals surface area contributed by atoms with Crippen molar-refractivity contribution in [2.24, 2.45) is 0 Å². The van der Waals surface area contributed by atoms with E-state index in [0.29, 0.717) is 12.5 Å². The topological polar surface area (TPSA) is 88.3 Å². The minimum Gasteiger partial charge on any atom is -0.476 e. The van der Waals surface area contributed by atoms with Crippen LogP contribution in [0.1, 0.15) is 35.3 Å². The van der Waals surface area contributed by atoms with Crippen LogP contribution in [0.15, 0.2) is 36.5 Å². The molecule has 0 radical (unpaired) electrons. The van der Waals surface area contributed by atoms with Crippen LogP contribution >= 0.6 is 0 Å². The average molecular weight is 314 g/mol. The fourth-order valence-corrected chi connectivity index (χ4v) is 3.14. The number of rotatable bonds is 4. The molecule has 0 spiro atoms. The molecule has 0 saturated carbocycles. The van der Waals surface area contributed by atoms with E-state index in [9.17, 15) is 9.59 Å². The number of aromatic nitrogens is 3. The summed E-state index contributed by atoms with van der Waals surface area (Å²) in [5.74, 6) is -0.898. The van der Waals surface area contributed by atoms with Crippen LogP contribution in [-0.4, -0.2) is 49.5 Å². The Balaban J connectivity index is 1.67. The molecule has 1 fully saturated rings. The number of carbonyl (C=O) groups excluding carboxylic acids is 1. The van der Waals surface area contributed by atoms with Gasteiger partial charge < -0.3 is 10.0 Å². The number of hydrogen-bond donors (Lipinski definition) is 1. The molecule has 1 aliphatic heterocycles. The van der Waals surface area contributed by atoms with E-state index >= 15 is 0 Å². The van der Waals surface area contributed by atoms with Gasteiger partial charge in [0.15, 0.2) is 5.69 Å². The summed E-state index contributed by atoms with van der Waals surface area (Å²) < 4.78 is 1.27. The Morgan fingerprint density at radius 2 is 2.04 bits per heavy atom. The Kier molecular flexibility index (Phi) is 4.10. The molecule has 1 aliphatic rings. The summed E-state index contributed by atoms with van der Waals surface area (Å²) in [5.41, 5.74) is 1.08. The number of benzene rings is 1. The van der Waals surface area contributed by atoms with Crippen molar-refractivity contribution in [3.05, 3.63) is 47.8 Å². The molecule has 2 aromatic rings. The van der Waals surface area contributed by atoms with Crippen LogP contribution in [0, 0.1) is 0 Å². The lowest BCUT2D eigenvalue weighted by Crippen LogP contribution is -2.37. The predicted molar refractivity (Wildman–Crippen MR) is 82.0 cm³/mol. The van der Waals surface area contributed by atoms with E-state index in [1.54, 1.807) is 0 Å². The van der Waals surface area contributed by atoms with Crippen molar-refractivity contribution in [1.82, 2.24) is 19.9 Å². The summed E-state index contributed by atoms with van der Waals surface area (Å²) in [6.07, 6.45) is 2.20. The molecule has 120 valence electrons. The molecule has 2 atom stereocenters. The highest BCUT2D eigenvalue weighted by Gasteiger charge is 2.34. The van der Waals surface area contributed by atoms with Gasteiger partial charge in [0.25, 0.3) is 0 Å². The number of carboxylic acid groups (broad SMARTS) is 1. The van der Waals surface area contributed by atoms with Gasteiger partial charge >= 0.3 is 5.97 Å². The molecule has 23 heavy (non-hydrogen) atoms. The first-order chi connectivity index (χ1) is 11.1. The van der Waals surface area contributed by atoms with E-state index in [1.807, 2.05) is 30.0 Å². The molecule has 2 unspecified atom stereocenters. The van der Waals surface area contributed by atoms with Crippen LogP contribution in [0.2, 0.25) is 0 Å². The fraction of sp³-hybridized carbons (Fsp3) is 0.375. The number of carboxylic acids is 1. The summed E-state index contributed by atoms with van der Waals surface area (Å²) in [7, 11) is 0. The summed E-state index contributed by atoms with van der Waals surface area (Å²) >= 11 is 0. The molecule has 1 N–H and O–H groups in total. The highest BCUT2D eigenvalue weighted by molar-refractivity contribution is 5.84. The largest absolute Gasteiger partial charge is 0.476 e. The first kappa shape index (κ1) is 15.2. The van der Waals surface area contributed by atoms with Crippen LogP contribution < -0.4 is 0 Å². The molecule has 2 heterocycles. The van der Waals surface area contributed by atoms with Gasteiger partial charge in [-0.1, -0.05) is 35.5 Å². The fourth-order valence-electron chi connectivity index (χ4n) is 3.14. The first-order valence-electron chi connectivity index (χ1n) is 7.54. The smallest absolute Gasteiger partial charge is 0.358 e. The van der Waals surface area contributed by atoms with E-state index < -0.39 is 5.97 Å². The van der Waals surface area contributed by atoms with Gasteiger partial charge in [0.1, 0.15) is 6.54 Å². The van der Waals surface area contributed by atoms with Crippen molar-refractivity contribution < 1.29 is 14.7 Å². The number of aromatic carboxylic acids is 1. The van der Waals surface area contributed by atoms with Crippen LogP contribution in [0.4, 0.5) is 0 Å². The van der Waals surface area contributed by atoms with Gasteiger partial charge in [0.05, 0.1) is 6.20 Å². The van der Waals surface area contributed by atoms with E-state index in [1.165, 1.54) is 16.4 Å². The van der Waals surface area contributed by atoms with E-state index in [0.717, 1.165) is 6.42 Å². The Morgan fingerprint density at radius 1 is 1.30 bits per heavy atom. The Labute approximate surface area is 133 Å². The third-order valence-electron chi connectivity index (χ3n) is 4.36. The average Bonchev–Trinajstić information content (AvgIpc) is 3.15. The zero-order chi connectivity index (χ0) is 16.4. The van der Waals surface area contributed by atoms with Gasteiger partial charge in [-0.2, -0.15) is 0 Å². The number of carbonyl (C=O) groups is 2. The Morgan fingerprint density at radius 3 is 2.70 bits per heavy atom. The molecule has 7 heteroatoms. The minimum atomic E-state index is -1.15. The number of hydrogen-bond acceptors (Lipinski definition) is 4. The van der Waals surface area contributed by atoms with Crippen molar-refractivity contribution in [3.63, 3.8) is 0 Å². The lowest BCUT2D eigenvalue weighted by atomic mass is 9.93. The van der Waals surface area contributed by atoms with E-state index in [2.05, 4.69) is 22.4 Å². The normalized spacial score (nSPS) is 20.7. The number of likely N-dealkylation sites (tertiary alicyclic amines) is 1. The predicted octanol–water partition coefficient (Wildman–Crippen LogP) is 1.38. The van der Waals surface area contributed by atoms with Gasteiger partial charge in [-0.15, -0.1) is 5.10 Å². The van der Waals surface area contributed by atoms with Crippen molar-refractivity contribution >= 4 is 11.9 Å². The zero-order valence-electron chi connectivity index (χ0n) is 12.8. The van der Waals surface area contributed by atoms with Gasteiger partial charge in [-0.05, 0) is 18.9 Å². The second kappa shape index (κ2) is 6.20. The number of nitrogens with zero attached hydrogens (tertiary/aromatic N) is 4. The lowest BCUT2D eigenvalue weighted by Gasteiger charge is -2.25. The van der Waals surface area contributed by atoms with Crippen LogP contribution in [-0.2, 0) is 11.3 Å². The zero-order valence-corrected chi connectivity index (χ0v) is 12.8. The second-order valence-electron chi connectivity index (χ2n) is 5.74. The Bertz CT molecular complexity index is 713. The standard InChI is InChI=1S/C16H18N4O3/c1-11-13(12-5-3-2-4-6-12)7-8-20(11)15(21)10-19-9-14(16(22)23)17-18-19/h2-6,9,11,13H,7-8,10H2,1H3,(H,22,23). The SMILES string of the molecule is CC1C(c2ccccc2)CCN1C(=O)Cn1cc(C(=O)O)nn1. The molecule has 7 nitrogen and oxygen atoms in total. The summed E-state index contributed by atoms with van der Waals surface area (Å²) in [4.78, 5) is 25.1. The summed E-state index contributed by atoms with van der Waals surface area (Å²) in [5, 5.41) is 16.0. The first-order valence-corrected chi connectivity index (χ1v) is 7.54. The third kappa shape index (κ3) is 3.08. The van der Waals surface area contributed by atoms with Crippen molar-refractivity contribution in [1.29, 1.82) is 0 Å². The molecule has 1 aromatic heterocycles. The number of amides is 1. The minimum absolute atomic E-state index is 0.00608. The third-order valence-corrected chi connectivity index (χ3v) is 4.36. The van der Waals surface area contributed by atoms with Gasteiger partial charge in [-0.25, -0.2) is 9.48 Å². The summed E-state index contributed by atoms with van der Waals surface area (Å²) in [6.45, 7) is 2.75. The van der Waals surface area contributed by atoms with Crippen LogP contribution in [0.3, 0.4) is 0 Å². The second-order valence-corrected chi connectivity index (χ2v) is 5.74. The monoisotopic (exact) mass is 314 g/mol. The molecule has 0 bridgehead atoms. The van der Waals surface area contributed by atoms with Crippen molar-refractivity contribution in [2.75, 3.05) is 6.54 Å². The highest BCUT2D eigenvalue weighted by Crippen LogP contribution is 2.33. The summed E-state index contributed by atoms with van der Waals surface area (Å²) in [6, 6.07) is 10.3. The van der Waals surface area contributed by atoms with Crippen molar-refractivity contribution in [2.45, 2.75) is 31.8 Å². The maximum absolute atomic E-state index is 12.5. The van der Waals surface area contributed by atoms with E-state index in [-0.39, 0.29) is 24.2 Å². The highest BCUT2D eigenvalue weighted by atomic mass is 16.4. The van der Waals surface area contributed by atoms with Crippen molar-refractivity contribution in [3.8, 4) is 0 Å². The van der Waals surface area contributed by atoms with Crippen LogP contribution in [0.25, 0.3) is 0 Å².